The summed E-state index contributed by atoms with van der Waals surface area (Å²) >= 11 is 0. The van der Waals surface area contributed by atoms with Crippen LogP contribution in [0.25, 0.3) is 0 Å². The molecule has 0 saturated heterocycles. The predicted octanol–water partition coefficient (Wildman–Crippen LogP) is 3.13. The summed E-state index contributed by atoms with van der Waals surface area (Å²) in [7, 11) is 1.73. The van der Waals surface area contributed by atoms with Gasteiger partial charge in [-0.25, -0.2) is 0 Å². The molecule has 0 saturated carbocycles. The SMILES string of the molecule is CCC(CC)N(CCOC)CC(C=O)(CC)CC. The van der Waals surface area contributed by atoms with Crippen LogP contribution in [0.4, 0.5) is 0 Å². The Labute approximate surface area is 113 Å². The van der Waals surface area contributed by atoms with E-state index in [4.69, 9.17) is 4.74 Å². The molecule has 0 aliphatic rings. The Morgan fingerprint density at radius 2 is 1.72 bits per heavy atom. The van der Waals surface area contributed by atoms with Crippen LogP contribution < -0.4 is 0 Å². The molecule has 0 fully saturated rings. The van der Waals surface area contributed by atoms with Crippen LogP contribution in [-0.2, 0) is 9.53 Å². The molecule has 3 heteroatoms. The van der Waals surface area contributed by atoms with E-state index in [2.05, 4.69) is 32.6 Å². The van der Waals surface area contributed by atoms with Gasteiger partial charge in [0.05, 0.1) is 6.61 Å². The van der Waals surface area contributed by atoms with Gasteiger partial charge < -0.3 is 9.53 Å². The zero-order chi connectivity index (χ0) is 14.0. The molecular weight excluding hydrogens is 226 g/mol. The minimum atomic E-state index is -0.184. The molecule has 0 heterocycles. The summed E-state index contributed by atoms with van der Waals surface area (Å²) in [5, 5.41) is 0. The lowest BCUT2D eigenvalue weighted by Crippen LogP contribution is -2.45. The third-order valence-corrected chi connectivity index (χ3v) is 4.22. The van der Waals surface area contributed by atoms with Crippen molar-refractivity contribution in [1.29, 1.82) is 0 Å². The van der Waals surface area contributed by atoms with Gasteiger partial charge in [0, 0.05) is 31.7 Å². The first-order valence-corrected chi connectivity index (χ1v) is 7.32. The van der Waals surface area contributed by atoms with E-state index < -0.39 is 0 Å². The number of hydrogen-bond acceptors (Lipinski definition) is 3. The van der Waals surface area contributed by atoms with Crippen molar-refractivity contribution in [2.45, 2.75) is 59.4 Å². The van der Waals surface area contributed by atoms with Gasteiger partial charge >= 0.3 is 0 Å². The summed E-state index contributed by atoms with van der Waals surface area (Å²) in [6.45, 7) is 11.2. The molecule has 0 aliphatic heterocycles. The fraction of sp³-hybridized carbons (Fsp3) is 0.933. The topological polar surface area (TPSA) is 29.5 Å². The van der Waals surface area contributed by atoms with Crippen LogP contribution in [0.5, 0.6) is 0 Å². The zero-order valence-corrected chi connectivity index (χ0v) is 12.9. The Bertz CT molecular complexity index is 211. The van der Waals surface area contributed by atoms with Crippen LogP contribution in [0.2, 0.25) is 0 Å². The Morgan fingerprint density at radius 3 is 2.06 bits per heavy atom. The molecule has 0 N–H and O–H groups in total. The minimum absolute atomic E-state index is 0.184. The molecule has 3 nitrogen and oxygen atoms in total. The molecule has 0 radical (unpaired) electrons. The number of methoxy groups -OCH3 is 1. The quantitative estimate of drug-likeness (QED) is 0.533. The number of carbonyl (C=O) groups is 1. The monoisotopic (exact) mass is 257 g/mol. The zero-order valence-electron chi connectivity index (χ0n) is 12.9. The van der Waals surface area contributed by atoms with E-state index in [1.165, 1.54) is 0 Å². The van der Waals surface area contributed by atoms with Gasteiger partial charge in [-0.05, 0) is 25.7 Å². The average Bonchev–Trinajstić information content (AvgIpc) is 2.42. The Kier molecular flexibility index (Phi) is 9.29. The van der Waals surface area contributed by atoms with Crippen LogP contribution in [-0.4, -0.2) is 44.0 Å². The van der Waals surface area contributed by atoms with Gasteiger partial charge in [0.2, 0.25) is 0 Å². The molecule has 0 aromatic carbocycles. The van der Waals surface area contributed by atoms with E-state index in [9.17, 15) is 4.79 Å². The van der Waals surface area contributed by atoms with Crippen molar-refractivity contribution in [3.8, 4) is 0 Å². The van der Waals surface area contributed by atoms with Gasteiger partial charge in [0.1, 0.15) is 6.29 Å². The van der Waals surface area contributed by atoms with Crippen molar-refractivity contribution < 1.29 is 9.53 Å². The predicted molar refractivity (Wildman–Crippen MR) is 76.9 cm³/mol. The van der Waals surface area contributed by atoms with Gasteiger partial charge in [-0.15, -0.1) is 0 Å². The highest BCUT2D eigenvalue weighted by Crippen LogP contribution is 2.26. The Morgan fingerprint density at radius 1 is 1.17 bits per heavy atom. The molecule has 0 unspecified atom stereocenters. The second kappa shape index (κ2) is 9.51. The summed E-state index contributed by atoms with van der Waals surface area (Å²) < 4.78 is 5.20. The van der Waals surface area contributed by atoms with E-state index >= 15 is 0 Å². The second-order valence-corrected chi connectivity index (χ2v) is 5.12. The van der Waals surface area contributed by atoms with Gasteiger partial charge in [0.25, 0.3) is 0 Å². The normalized spacial score (nSPS) is 12.4. The van der Waals surface area contributed by atoms with Gasteiger partial charge in [-0.3, -0.25) is 4.90 Å². The molecule has 0 aromatic heterocycles. The van der Waals surface area contributed by atoms with Gasteiger partial charge in [0.15, 0.2) is 0 Å². The average molecular weight is 257 g/mol. The number of carbonyl (C=O) groups excluding carboxylic acids is 1. The molecule has 0 bridgehead atoms. The lowest BCUT2D eigenvalue weighted by Gasteiger charge is -2.37. The number of nitrogens with zero attached hydrogens (tertiary/aromatic N) is 1. The van der Waals surface area contributed by atoms with Crippen LogP contribution in [0.3, 0.4) is 0 Å². The third kappa shape index (κ3) is 5.07. The maximum atomic E-state index is 11.4. The van der Waals surface area contributed by atoms with Gasteiger partial charge in [-0.2, -0.15) is 0 Å². The van der Waals surface area contributed by atoms with Crippen LogP contribution >= 0.6 is 0 Å². The van der Waals surface area contributed by atoms with E-state index in [-0.39, 0.29) is 5.41 Å². The lowest BCUT2D eigenvalue weighted by molar-refractivity contribution is -0.118. The first kappa shape index (κ1) is 17.6. The van der Waals surface area contributed by atoms with E-state index in [0.29, 0.717) is 6.04 Å². The van der Waals surface area contributed by atoms with Crippen molar-refractivity contribution >= 4 is 6.29 Å². The smallest absolute Gasteiger partial charge is 0.127 e. The highest BCUT2D eigenvalue weighted by Gasteiger charge is 2.30. The highest BCUT2D eigenvalue weighted by atomic mass is 16.5. The van der Waals surface area contributed by atoms with Crippen molar-refractivity contribution in [2.24, 2.45) is 5.41 Å². The standard InChI is InChI=1S/C15H31NO2/c1-6-14(7-2)16(10-11-18-5)12-15(8-3,9-4)13-17/h13-14H,6-12H2,1-5H3. The molecule has 0 atom stereocenters. The summed E-state index contributed by atoms with van der Waals surface area (Å²) in [5.41, 5.74) is -0.184. The Hall–Kier alpha value is -0.410. The highest BCUT2D eigenvalue weighted by molar-refractivity contribution is 5.59. The second-order valence-electron chi connectivity index (χ2n) is 5.12. The van der Waals surface area contributed by atoms with Crippen molar-refractivity contribution in [3.63, 3.8) is 0 Å². The van der Waals surface area contributed by atoms with Gasteiger partial charge in [-0.1, -0.05) is 27.7 Å². The lowest BCUT2D eigenvalue weighted by atomic mass is 9.83. The number of rotatable bonds is 11. The molecule has 0 aliphatic carbocycles. The maximum Gasteiger partial charge on any atom is 0.127 e. The van der Waals surface area contributed by atoms with Crippen molar-refractivity contribution in [3.05, 3.63) is 0 Å². The fourth-order valence-corrected chi connectivity index (χ4v) is 2.49. The van der Waals surface area contributed by atoms with Crippen LogP contribution in [0.15, 0.2) is 0 Å². The number of ether oxygens (including phenoxy) is 1. The Balaban J connectivity index is 4.78. The van der Waals surface area contributed by atoms with Crippen molar-refractivity contribution in [1.82, 2.24) is 4.90 Å². The molecule has 0 rings (SSSR count). The van der Waals surface area contributed by atoms with Crippen molar-refractivity contribution in [2.75, 3.05) is 26.8 Å². The summed E-state index contributed by atoms with van der Waals surface area (Å²) in [4.78, 5) is 13.9. The molecule has 18 heavy (non-hydrogen) atoms. The number of hydrogen-bond donors (Lipinski definition) is 0. The maximum absolute atomic E-state index is 11.4. The summed E-state index contributed by atoms with van der Waals surface area (Å²) in [5.74, 6) is 0. The minimum Gasteiger partial charge on any atom is -0.383 e. The van der Waals surface area contributed by atoms with E-state index in [0.717, 1.165) is 51.7 Å². The largest absolute Gasteiger partial charge is 0.383 e. The molecule has 0 amide bonds. The first-order chi connectivity index (χ1) is 8.62. The molecule has 0 aromatic rings. The van der Waals surface area contributed by atoms with E-state index in [1.807, 2.05) is 0 Å². The van der Waals surface area contributed by atoms with Crippen LogP contribution in [0.1, 0.15) is 53.4 Å². The fourth-order valence-electron chi connectivity index (χ4n) is 2.49. The first-order valence-electron chi connectivity index (χ1n) is 7.32. The summed E-state index contributed by atoms with van der Waals surface area (Å²) in [6, 6.07) is 0.553. The molecular formula is C15H31NO2. The third-order valence-electron chi connectivity index (χ3n) is 4.22. The molecule has 108 valence electrons. The number of aldehydes is 1. The summed E-state index contributed by atoms with van der Waals surface area (Å²) in [6.07, 6.45) is 5.24. The van der Waals surface area contributed by atoms with E-state index in [1.54, 1.807) is 7.11 Å². The van der Waals surface area contributed by atoms with Crippen LogP contribution in [0, 0.1) is 5.41 Å². The molecule has 0 spiro atoms.